The van der Waals surface area contributed by atoms with Gasteiger partial charge in [-0.3, -0.25) is 4.99 Å². The summed E-state index contributed by atoms with van der Waals surface area (Å²) in [6, 6.07) is 8.94. The Morgan fingerprint density at radius 2 is 1.97 bits per heavy atom. The third-order valence-electron chi connectivity index (χ3n) is 3.94. The van der Waals surface area contributed by atoms with Gasteiger partial charge in [0.05, 0.1) is 14.2 Å². The molecule has 0 radical (unpaired) electrons. The van der Waals surface area contributed by atoms with Gasteiger partial charge in [0, 0.05) is 45.4 Å². The van der Waals surface area contributed by atoms with Crippen LogP contribution in [0, 0.1) is 0 Å². The van der Waals surface area contributed by atoms with Crippen molar-refractivity contribution in [2.45, 2.75) is 10.8 Å². The highest BCUT2D eigenvalue weighted by Gasteiger charge is 2.15. The van der Waals surface area contributed by atoms with Crippen LogP contribution in [-0.2, 0) is 16.6 Å². The number of benzene rings is 1. The molecule has 2 rings (SSSR count). The summed E-state index contributed by atoms with van der Waals surface area (Å²) in [5.74, 6) is 2.10. The van der Waals surface area contributed by atoms with Crippen molar-refractivity contribution in [3.63, 3.8) is 0 Å². The highest BCUT2D eigenvalue weighted by molar-refractivity contribution is 14.0. The molecule has 0 aliphatic rings. The number of aliphatic imine (C=N–C) groups is 1. The normalized spacial score (nSPS) is 11.5. The Morgan fingerprint density at radius 1 is 1.21 bits per heavy atom. The van der Waals surface area contributed by atoms with Crippen LogP contribution < -0.4 is 19.5 Å². The van der Waals surface area contributed by atoms with E-state index in [1.165, 1.54) is 11.3 Å². The summed E-state index contributed by atoms with van der Waals surface area (Å²) in [4.78, 5) is 6.18. The van der Waals surface area contributed by atoms with Gasteiger partial charge in [-0.15, -0.1) is 35.3 Å². The maximum absolute atomic E-state index is 12.1. The molecule has 0 aliphatic carbocycles. The number of halogens is 1. The summed E-state index contributed by atoms with van der Waals surface area (Å²) in [5.41, 5.74) is 0.979. The number of sulfonamides is 1. The Bertz CT molecular complexity index is 889. The highest BCUT2D eigenvalue weighted by Crippen LogP contribution is 2.25. The minimum absolute atomic E-state index is 0. The van der Waals surface area contributed by atoms with E-state index in [1.54, 1.807) is 38.8 Å². The highest BCUT2D eigenvalue weighted by atomic mass is 127. The van der Waals surface area contributed by atoms with Crippen LogP contribution in [0.25, 0.3) is 0 Å². The van der Waals surface area contributed by atoms with E-state index in [0.717, 1.165) is 17.1 Å². The molecule has 8 nitrogen and oxygen atoms in total. The fourth-order valence-electron chi connectivity index (χ4n) is 2.54. The smallest absolute Gasteiger partial charge is 0.250 e. The number of nitrogens with one attached hydrogen (secondary N) is 2. The third-order valence-corrected chi connectivity index (χ3v) is 6.79. The van der Waals surface area contributed by atoms with Crippen LogP contribution in [0.3, 0.4) is 0 Å². The Morgan fingerprint density at radius 3 is 2.55 bits per heavy atom. The first-order chi connectivity index (χ1) is 13.4. The van der Waals surface area contributed by atoms with Crippen molar-refractivity contribution in [3.8, 4) is 11.5 Å². The maximum Gasteiger partial charge on any atom is 0.250 e. The summed E-state index contributed by atoms with van der Waals surface area (Å²) in [5, 5.41) is 4.89. The van der Waals surface area contributed by atoms with Crippen LogP contribution in [0.2, 0.25) is 0 Å². The molecular formula is C18H27IN4O4S2. The molecule has 0 atom stereocenters. The van der Waals surface area contributed by atoms with Gasteiger partial charge >= 0.3 is 0 Å². The van der Waals surface area contributed by atoms with Gasteiger partial charge in [0.25, 0.3) is 0 Å². The second-order valence-electron chi connectivity index (χ2n) is 5.84. The largest absolute Gasteiger partial charge is 0.497 e. The number of ether oxygens (including phenoxy) is 2. The Labute approximate surface area is 193 Å². The molecule has 2 aromatic rings. The SMILES string of the molecule is CN=C(NCCNS(=O)(=O)c1cccs1)N(C)Cc1ccc(OC)cc1OC.I. The van der Waals surface area contributed by atoms with E-state index < -0.39 is 10.0 Å². The van der Waals surface area contributed by atoms with Gasteiger partial charge in [-0.05, 0) is 23.6 Å². The average molecular weight is 554 g/mol. The zero-order valence-corrected chi connectivity index (χ0v) is 20.8. The molecule has 11 heteroatoms. The van der Waals surface area contributed by atoms with Crippen LogP contribution in [0.4, 0.5) is 0 Å². The summed E-state index contributed by atoms with van der Waals surface area (Å²) in [6.07, 6.45) is 0. The monoisotopic (exact) mass is 554 g/mol. The van der Waals surface area contributed by atoms with Gasteiger partial charge < -0.3 is 19.7 Å². The van der Waals surface area contributed by atoms with Crippen LogP contribution in [0.5, 0.6) is 11.5 Å². The number of rotatable bonds is 9. The average Bonchev–Trinajstić information content (AvgIpc) is 3.24. The zero-order valence-electron chi connectivity index (χ0n) is 16.8. The number of hydrogen-bond donors (Lipinski definition) is 2. The molecule has 0 unspecified atom stereocenters. The van der Waals surface area contributed by atoms with Crippen molar-refractivity contribution in [1.82, 2.24) is 14.9 Å². The molecule has 0 amide bonds. The molecule has 0 saturated carbocycles. The van der Waals surface area contributed by atoms with Crippen molar-refractivity contribution >= 4 is 51.3 Å². The first-order valence-corrected chi connectivity index (χ1v) is 10.9. The Balaban J connectivity index is 0.00000420. The van der Waals surface area contributed by atoms with Gasteiger partial charge in [0.1, 0.15) is 15.7 Å². The first-order valence-electron chi connectivity index (χ1n) is 8.57. The minimum atomic E-state index is -3.46. The fourth-order valence-corrected chi connectivity index (χ4v) is 4.61. The lowest BCUT2D eigenvalue weighted by molar-refractivity contribution is 0.382. The summed E-state index contributed by atoms with van der Waals surface area (Å²) in [7, 11) is 3.34. The number of methoxy groups -OCH3 is 2. The van der Waals surface area contributed by atoms with Crippen LogP contribution >= 0.6 is 35.3 Å². The Kier molecular flexibility index (Phi) is 10.7. The number of hydrogen-bond acceptors (Lipinski definition) is 6. The van der Waals surface area contributed by atoms with Crippen molar-refractivity contribution in [3.05, 3.63) is 41.3 Å². The standard InChI is InChI=1S/C18H26N4O4S2.HI/c1-19-18(20-9-10-21-28(23,24)17-6-5-11-27-17)22(2)13-14-7-8-15(25-3)12-16(14)26-4;/h5-8,11-12,21H,9-10,13H2,1-4H3,(H,19,20);1H. The molecule has 1 aromatic heterocycles. The predicted molar refractivity (Wildman–Crippen MR) is 127 cm³/mol. The molecule has 0 fully saturated rings. The maximum atomic E-state index is 12.1. The molecule has 1 heterocycles. The van der Waals surface area contributed by atoms with E-state index in [1.807, 2.05) is 30.1 Å². The van der Waals surface area contributed by atoms with Crippen molar-refractivity contribution in [2.75, 3.05) is 41.4 Å². The molecule has 0 aliphatic heterocycles. The van der Waals surface area contributed by atoms with Gasteiger partial charge in [-0.1, -0.05) is 6.07 Å². The lowest BCUT2D eigenvalue weighted by Crippen LogP contribution is -2.42. The summed E-state index contributed by atoms with van der Waals surface area (Å²) < 4.78 is 37.8. The molecule has 1 aromatic carbocycles. The minimum Gasteiger partial charge on any atom is -0.497 e. The number of guanidine groups is 1. The van der Waals surface area contributed by atoms with E-state index in [9.17, 15) is 8.42 Å². The van der Waals surface area contributed by atoms with E-state index in [2.05, 4.69) is 15.0 Å². The molecule has 0 saturated heterocycles. The van der Waals surface area contributed by atoms with E-state index in [4.69, 9.17) is 9.47 Å². The van der Waals surface area contributed by atoms with Gasteiger partial charge in [-0.25, -0.2) is 13.1 Å². The third kappa shape index (κ3) is 7.32. The molecule has 162 valence electrons. The number of nitrogens with zero attached hydrogens (tertiary/aromatic N) is 2. The fraction of sp³-hybridized carbons (Fsp3) is 0.389. The molecule has 29 heavy (non-hydrogen) atoms. The van der Waals surface area contributed by atoms with E-state index in [-0.39, 0.29) is 30.5 Å². The number of thiophene rings is 1. The lowest BCUT2D eigenvalue weighted by atomic mass is 10.2. The van der Waals surface area contributed by atoms with Gasteiger partial charge in [0.15, 0.2) is 5.96 Å². The molecule has 2 N–H and O–H groups in total. The second-order valence-corrected chi connectivity index (χ2v) is 8.78. The molecule has 0 spiro atoms. The van der Waals surface area contributed by atoms with Crippen LogP contribution in [0.1, 0.15) is 5.56 Å². The van der Waals surface area contributed by atoms with Crippen molar-refractivity contribution in [2.24, 2.45) is 4.99 Å². The van der Waals surface area contributed by atoms with Gasteiger partial charge in [-0.2, -0.15) is 0 Å². The second kappa shape index (κ2) is 12.2. The molecular weight excluding hydrogens is 527 g/mol. The van der Waals surface area contributed by atoms with E-state index >= 15 is 0 Å². The summed E-state index contributed by atoms with van der Waals surface area (Å²) in [6.45, 7) is 1.22. The predicted octanol–water partition coefficient (Wildman–Crippen LogP) is 2.37. The zero-order chi connectivity index (χ0) is 20.6. The molecule has 0 bridgehead atoms. The van der Waals surface area contributed by atoms with Crippen molar-refractivity contribution in [1.29, 1.82) is 0 Å². The topological polar surface area (TPSA) is 92.3 Å². The van der Waals surface area contributed by atoms with Crippen LogP contribution in [-0.4, -0.2) is 60.7 Å². The lowest BCUT2D eigenvalue weighted by Gasteiger charge is -2.23. The van der Waals surface area contributed by atoms with Gasteiger partial charge in [0.2, 0.25) is 10.0 Å². The first kappa shape index (κ1) is 25.5. The summed E-state index contributed by atoms with van der Waals surface area (Å²) >= 11 is 1.19. The Hall–Kier alpha value is -1.57. The van der Waals surface area contributed by atoms with Crippen LogP contribution in [0.15, 0.2) is 44.9 Å². The van der Waals surface area contributed by atoms with E-state index in [0.29, 0.717) is 23.3 Å². The quantitative estimate of drug-likeness (QED) is 0.214. The van der Waals surface area contributed by atoms with Crippen molar-refractivity contribution < 1.29 is 17.9 Å².